The zero-order valence-corrected chi connectivity index (χ0v) is 21.7. The van der Waals surface area contributed by atoms with Gasteiger partial charge in [0.15, 0.2) is 8.32 Å². The van der Waals surface area contributed by atoms with Crippen molar-refractivity contribution in [3.05, 3.63) is 0 Å². The summed E-state index contributed by atoms with van der Waals surface area (Å²) in [6.07, 6.45) is 11.0. The quantitative estimate of drug-likeness (QED) is 0.467. The van der Waals surface area contributed by atoms with Gasteiger partial charge in [0.05, 0.1) is 6.61 Å². The van der Waals surface area contributed by atoms with Crippen molar-refractivity contribution >= 4 is 14.1 Å². The second kappa shape index (κ2) is 7.69. The van der Waals surface area contributed by atoms with Crippen molar-refractivity contribution in [2.45, 2.75) is 110 Å². The standard InChI is InChI=1S/C26H46O3Si/c1-24(2,3)30(6,7)29-19-12-15-26(17-28-5)18(16-19)8-9-20-21-10-11-23(27)25(21,4)14-13-22(20)26/h18-22H,8-17H2,1-7H3/t18-,19?,20-,21-,22-,25-,26+/m0/s1. The van der Waals surface area contributed by atoms with Crippen LogP contribution in [-0.2, 0) is 14.0 Å². The Kier molecular flexibility index (Phi) is 5.89. The average molecular weight is 435 g/mol. The van der Waals surface area contributed by atoms with Crippen LogP contribution in [0.4, 0.5) is 0 Å². The van der Waals surface area contributed by atoms with Gasteiger partial charge in [-0.1, -0.05) is 27.7 Å². The van der Waals surface area contributed by atoms with Crippen LogP contribution in [0.1, 0.15) is 85.5 Å². The summed E-state index contributed by atoms with van der Waals surface area (Å²) in [5.74, 6) is 3.39. The molecule has 30 heavy (non-hydrogen) atoms. The SMILES string of the molecule is COC[C@]12CCC(O[Si](C)(C)C(C)(C)C)C[C@@H]1CC[C@@H]1[C@@H]2CC[C@]2(C)C(=O)CC[C@@H]12. The molecule has 4 saturated carbocycles. The first-order valence-electron chi connectivity index (χ1n) is 12.6. The van der Waals surface area contributed by atoms with Gasteiger partial charge in [0.1, 0.15) is 5.78 Å². The fraction of sp³-hybridized carbons (Fsp3) is 0.962. The molecular weight excluding hydrogens is 388 g/mol. The second-order valence-electron chi connectivity index (χ2n) is 13.0. The van der Waals surface area contributed by atoms with E-state index in [1.165, 1.54) is 38.5 Å². The Labute approximate surface area is 186 Å². The predicted molar refractivity (Wildman–Crippen MR) is 125 cm³/mol. The molecule has 0 N–H and O–H groups in total. The summed E-state index contributed by atoms with van der Waals surface area (Å²) in [5.41, 5.74) is 0.294. The van der Waals surface area contributed by atoms with Crippen LogP contribution in [0.3, 0.4) is 0 Å². The summed E-state index contributed by atoms with van der Waals surface area (Å²) < 4.78 is 12.8. The Balaban J connectivity index is 1.55. The Morgan fingerprint density at radius 3 is 2.43 bits per heavy atom. The molecule has 4 heteroatoms. The molecule has 0 radical (unpaired) electrons. The Morgan fingerprint density at radius 2 is 1.77 bits per heavy atom. The average Bonchev–Trinajstić information content (AvgIpc) is 2.96. The second-order valence-corrected chi connectivity index (χ2v) is 17.8. The van der Waals surface area contributed by atoms with Crippen LogP contribution in [-0.4, -0.2) is 33.9 Å². The maximum absolute atomic E-state index is 12.7. The maximum atomic E-state index is 12.7. The van der Waals surface area contributed by atoms with Gasteiger partial charge in [-0.15, -0.1) is 0 Å². The van der Waals surface area contributed by atoms with E-state index in [2.05, 4.69) is 40.8 Å². The molecule has 0 aromatic heterocycles. The topological polar surface area (TPSA) is 35.5 Å². The number of fused-ring (bicyclic) bond motifs is 5. The predicted octanol–water partition coefficient (Wildman–Crippen LogP) is 6.62. The zero-order chi connectivity index (χ0) is 21.9. The Hall–Kier alpha value is -0.193. The number of ether oxygens (including phenoxy) is 1. The van der Waals surface area contributed by atoms with Crippen LogP contribution >= 0.6 is 0 Å². The van der Waals surface area contributed by atoms with E-state index in [1.807, 2.05) is 7.11 Å². The van der Waals surface area contributed by atoms with Gasteiger partial charge in [-0.05, 0) is 98.6 Å². The van der Waals surface area contributed by atoms with Crippen LogP contribution < -0.4 is 0 Å². The number of hydrogen-bond donors (Lipinski definition) is 0. The van der Waals surface area contributed by atoms with Crippen LogP contribution in [0, 0.1) is 34.5 Å². The molecule has 0 bridgehead atoms. The molecule has 7 atom stereocenters. The first-order chi connectivity index (χ1) is 13.9. The van der Waals surface area contributed by atoms with Gasteiger partial charge < -0.3 is 9.16 Å². The van der Waals surface area contributed by atoms with E-state index in [9.17, 15) is 4.79 Å². The van der Waals surface area contributed by atoms with Gasteiger partial charge in [0.2, 0.25) is 0 Å². The third-order valence-electron chi connectivity index (χ3n) is 10.7. The van der Waals surface area contributed by atoms with Gasteiger partial charge in [-0.2, -0.15) is 0 Å². The van der Waals surface area contributed by atoms with E-state index in [0.717, 1.165) is 43.6 Å². The van der Waals surface area contributed by atoms with Crippen LogP contribution in [0.15, 0.2) is 0 Å². The largest absolute Gasteiger partial charge is 0.414 e. The number of carbonyl (C=O) groups excluding carboxylic acids is 1. The third kappa shape index (κ3) is 3.48. The van der Waals surface area contributed by atoms with Crippen LogP contribution in [0.25, 0.3) is 0 Å². The zero-order valence-electron chi connectivity index (χ0n) is 20.7. The van der Waals surface area contributed by atoms with E-state index in [1.54, 1.807) is 0 Å². The van der Waals surface area contributed by atoms with Gasteiger partial charge in [-0.25, -0.2) is 0 Å². The molecule has 172 valence electrons. The first kappa shape index (κ1) is 23.0. The lowest BCUT2D eigenvalue weighted by Crippen LogP contribution is -2.57. The minimum absolute atomic E-state index is 0.0229. The van der Waals surface area contributed by atoms with E-state index < -0.39 is 8.32 Å². The van der Waals surface area contributed by atoms with Gasteiger partial charge >= 0.3 is 0 Å². The highest BCUT2D eigenvalue weighted by Gasteiger charge is 2.61. The van der Waals surface area contributed by atoms with Gasteiger partial charge in [0, 0.05) is 25.0 Å². The number of methoxy groups -OCH3 is 1. The highest BCUT2D eigenvalue weighted by atomic mass is 28.4. The molecule has 3 nitrogen and oxygen atoms in total. The lowest BCUT2D eigenvalue weighted by atomic mass is 9.45. The van der Waals surface area contributed by atoms with E-state index in [4.69, 9.17) is 9.16 Å². The van der Waals surface area contributed by atoms with Gasteiger partial charge in [0.25, 0.3) is 0 Å². The fourth-order valence-electron chi connectivity index (χ4n) is 8.03. The number of rotatable bonds is 4. The Morgan fingerprint density at radius 1 is 1.03 bits per heavy atom. The van der Waals surface area contributed by atoms with E-state index in [-0.39, 0.29) is 10.5 Å². The fourth-order valence-corrected chi connectivity index (χ4v) is 9.43. The monoisotopic (exact) mass is 434 g/mol. The number of Topliss-reactive ketones (excluding diaryl/α,β-unsaturated/α-hetero) is 1. The summed E-state index contributed by atoms with van der Waals surface area (Å²) in [4.78, 5) is 12.7. The van der Waals surface area contributed by atoms with Crippen molar-refractivity contribution in [1.82, 2.24) is 0 Å². The molecule has 1 unspecified atom stereocenters. The molecular formula is C26H46O3Si. The highest BCUT2D eigenvalue weighted by Crippen LogP contribution is 2.66. The molecule has 4 fully saturated rings. The van der Waals surface area contributed by atoms with E-state index in [0.29, 0.717) is 23.2 Å². The van der Waals surface area contributed by atoms with Crippen molar-refractivity contribution < 1.29 is 14.0 Å². The number of carbonyl (C=O) groups is 1. The molecule has 4 aliphatic rings. The normalized spacial score (nSPS) is 44.4. The molecule has 4 rings (SSSR count). The third-order valence-corrected chi connectivity index (χ3v) is 15.2. The number of hydrogen-bond acceptors (Lipinski definition) is 3. The molecule has 0 spiro atoms. The minimum atomic E-state index is -1.73. The lowest BCUT2D eigenvalue weighted by Gasteiger charge is -2.61. The van der Waals surface area contributed by atoms with Crippen LogP contribution in [0.5, 0.6) is 0 Å². The smallest absolute Gasteiger partial charge is 0.192 e. The summed E-state index contributed by atoms with van der Waals surface area (Å²) in [7, 11) is 0.172. The summed E-state index contributed by atoms with van der Waals surface area (Å²) in [5, 5.41) is 0.272. The van der Waals surface area contributed by atoms with Crippen molar-refractivity contribution in [2.75, 3.05) is 13.7 Å². The van der Waals surface area contributed by atoms with Crippen molar-refractivity contribution in [2.24, 2.45) is 34.5 Å². The van der Waals surface area contributed by atoms with Gasteiger partial charge in [-0.3, -0.25) is 4.79 Å². The summed E-state index contributed by atoms with van der Waals surface area (Å²) in [6.45, 7) is 15.1. The van der Waals surface area contributed by atoms with E-state index >= 15 is 0 Å². The molecule has 0 saturated heterocycles. The van der Waals surface area contributed by atoms with Crippen molar-refractivity contribution in [1.29, 1.82) is 0 Å². The first-order valence-corrected chi connectivity index (χ1v) is 15.6. The Bertz CT molecular complexity index is 668. The molecule has 0 heterocycles. The molecule has 0 aromatic rings. The molecule has 0 amide bonds. The molecule has 4 aliphatic carbocycles. The highest BCUT2D eigenvalue weighted by molar-refractivity contribution is 6.74. The molecule has 0 aromatic carbocycles. The maximum Gasteiger partial charge on any atom is 0.192 e. The summed E-state index contributed by atoms with van der Waals surface area (Å²) >= 11 is 0. The van der Waals surface area contributed by atoms with Crippen LogP contribution in [0.2, 0.25) is 18.1 Å². The number of ketones is 1. The van der Waals surface area contributed by atoms with Crippen molar-refractivity contribution in [3.63, 3.8) is 0 Å². The van der Waals surface area contributed by atoms with Crippen molar-refractivity contribution in [3.8, 4) is 0 Å². The lowest BCUT2D eigenvalue weighted by molar-refractivity contribution is -0.159. The minimum Gasteiger partial charge on any atom is -0.414 e. The summed E-state index contributed by atoms with van der Waals surface area (Å²) in [6, 6.07) is 0. The molecule has 0 aliphatic heterocycles.